The van der Waals surface area contributed by atoms with Crippen molar-refractivity contribution in [2.24, 2.45) is 34.0 Å². The van der Waals surface area contributed by atoms with Crippen molar-refractivity contribution in [3.8, 4) is 0 Å². The lowest BCUT2D eigenvalue weighted by Gasteiger charge is -2.65. The maximum atomic E-state index is 12.9. The van der Waals surface area contributed by atoms with Crippen molar-refractivity contribution in [1.29, 1.82) is 0 Å². The Kier molecular flexibility index (Phi) is 5.34. The lowest BCUT2D eigenvalue weighted by molar-refractivity contribution is -0.220. The molecular weight excluding hydrogens is 412 g/mol. The number of benzene rings is 1. The SMILES string of the molecule is C=C1C[C@@]23CC[C@H]4[C@](C)([C@@H]2CC[C@@H]1C3)[C@H](OC(=O)C=Cc1ccccc1)CC[C@]4(C)C(=O)O. The summed E-state index contributed by atoms with van der Waals surface area (Å²) in [4.78, 5) is 25.4. The first-order valence-electron chi connectivity index (χ1n) is 12.5. The number of carbonyl (C=O) groups excluding carboxylic acids is 1. The summed E-state index contributed by atoms with van der Waals surface area (Å²) in [6, 6.07) is 9.74. The maximum Gasteiger partial charge on any atom is 0.331 e. The molecule has 4 heteroatoms. The first kappa shape index (κ1) is 22.4. The molecule has 33 heavy (non-hydrogen) atoms. The van der Waals surface area contributed by atoms with Crippen molar-refractivity contribution in [3.63, 3.8) is 0 Å². The molecule has 176 valence electrons. The lowest BCUT2D eigenvalue weighted by atomic mass is 9.40. The number of carboxylic acid groups (broad SMARTS) is 1. The van der Waals surface area contributed by atoms with Crippen LogP contribution in [0.1, 0.15) is 70.8 Å². The third-order valence-electron chi connectivity index (χ3n) is 10.1. The van der Waals surface area contributed by atoms with Crippen LogP contribution in [0.3, 0.4) is 0 Å². The second-order valence-electron chi connectivity index (χ2n) is 11.6. The van der Waals surface area contributed by atoms with Crippen LogP contribution in [-0.2, 0) is 14.3 Å². The minimum atomic E-state index is -0.772. The third kappa shape index (κ3) is 3.40. The molecule has 4 aliphatic carbocycles. The highest BCUT2D eigenvalue weighted by atomic mass is 16.5. The van der Waals surface area contributed by atoms with Crippen LogP contribution < -0.4 is 0 Å². The van der Waals surface area contributed by atoms with Gasteiger partial charge in [-0.15, -0.1) is 0 Å². The van der Waals surface area contributed by atoms with E-state index in [1.807, 2.05) is 37.3 Å². The Labute approximate surface area is 197 Å². The van der Waals surface area contributed by atoms with Crippen molar-refractivity contribution in [2.75, 3.05) is 0 Å². The van der Waals surface area contributed by atoms with Gasteiger partial charge in [0.25, 0.3) is 0 Å². The molecule has 1 aromatic carbocycles. The molecule has 1 spiro atoms. The van der Waals surface area contributed by atoms with Gasteiger partial charge in [0.15, 0.2) is 0 Å². The van der Waals surface area contributed by atoms with Gasteiger partial charge in [0.1, 0.15) is 6.10 Å². The summed E-state index contributed by atoms with van der Waals surface area (Å²) in [6.07, 6.45) is 10.6. The van der Waals surface area contributed by atoms with E-state index < -0.39 is 11.4 Å². The predicted molar refractivity (Wildman–Crippen MR) is 128 cm³/mol. The summed E-state index contributed by atoms with van der Waals surface area (Å²) in [5.74, 6) is -0.0344. The molecule has 0 amide bonds. The van der Waals surface area contributed by atoms with E-state index in [4.69, 9.17) is 4.74 Å². The Morgan fingerprint density at radius 2 is 1.82 bits per heavy atom. The fourth-order valence-electron chi connectivity index (χ4n) is 8.59. The van der Waals surface area contributed by atoms with Crippen LogP contribution in [0.4, 0.5) is 0 Å². The molecule has 7 atom stereocenters. The summed E-state index contributed by atoms with van der Waals surface area (Å²) in [5.41, 5.74) is 1.43. The zero-order valence-corrected chi connectivity index (χ0v) is 19.9. The van der Waals surface area contributed by atoms with Crippen molar-refractivity contribution in [2.45, 2.75) is 71.3 Å². The Morgan fingerprint density at radius 1 is 1.06 bits per heavy atom. The average molecular weight is 449 g/mol. The van der Waals surface area contributed by atoms with E-state index in [-0.39, 0.29) is 28.8 Å². The Balaban J connectivity index is 1.47. The maximum absolute atomic E-state index is 12.9. The third-order valence-corrected chi connectivity index (χ3v) is 10.1. The number of aliphatic carboxylic acids is 1. The summed E-state index contributed by atoms with van der Waals surface area (Å²) in [6.45, 7) is 8.59. The molecule has 4 aliphatic rings. The number of allylic oxidation sites excluding steroid dienone is 1. The van der Waals surface area contributed by atoms with Crippen molar-refractivity contribution < 1.29 is 19.4 Å². The highest BCUT2D eigenvalue weighted by Gasteiger charge is 2.68. The van der Waals surface area contributed by atoms with Crippen LogP contribution in [-0.4, -0.2) is 23.1 Å². The molecule has 5 rings (SSSR count). The molecule has 0 saturated heterocycles. The number of esters is 1. The number of hydrogen-bond donors (Lipinski definition) is 1. The highest BCUT2D eigenvalue weighted by molar-refractivity contribution is 5.87. The smallest absolute Gasteiger partial charge is 0.331 e. The summed E-state index contributed by atoms with van der Waals surface area (Å²) in [7, 11) is 0. The molecule has 2 bridgehead atoms. The zero-order chi connectivity index (χ0) is 23.4. The van der Waals surface area contributed by atoms with Crippen LogP contribution in [0.5, 0.6) is 0 Å². The second-order valence-corrected chi connectivity index (χ2v) is 11.6. The lowest BCUT2D eigenvalue weighted by Crippen LogP contribution is -2.64. The van der Waals surface area contributed by atoms with Gasteiger partial charge in [-0.2, -0.15) is 0 Å². The van der Waals surface area contributed by atoms with E-state index in [1.165, 1.54) is 18.1 Å². The number of carboxylic acids is 1. The largest absolute Gasteiger partial charge is 0.481 e. The summed E-state index contributed by atoms with van der Waals surface area (Å²) < 4.78 is 6.20. The molecule has 4 nitrogen and oxygen atoms in total. The van der Waals surface area contributed by atoms with E-state index in [9.17, 15) is 14.7 Å². The number of rotatable bonds is 4. The number of ether oxygens (including phenoxy) is 1. The van der Waals surface area contributed by atoms with Gasteiger partial charge in [-0.3, -0.25) is 4.79 Å². The van der Waals surface area contributed by atoms with Gasteiger partial charge >= 0.3 is 11.9 Å². The van der Waals surface area contributed by atoms with E-state index in [0.29, 0.717) is 24.7 Å². The Morgan fingerprint density at radius 3 is 2.55 bits per heavy atom. The number of fused-ring (bicyclic) bond motifs is 3. The van der Waals surface area contributed by atoms with Crippen LogP contribution in [0, 0.1) is 34.0 Å². The van der Waals surface area contributed by atoms with Gasteiger partial charge in [0.05, 0.1) is 5.41 Å². The fourth-order valence-corrected chi connectivity index (χ4v) is 8.59. The van der Waals surface area contributed by atoms with Crippen molar-refractivity contribution >= 4 is 18.0 Å². The van der Waals surface area contributed by atoms with Crippen LogP contribution in [0.15, 0.2) is 48.6 Å². The van der Waals surface area contributed by atoms with Gasteiger partial charge in [0, 0.05) is 11.5 Å². The second kappa shape index (κ2) is 7.85. The van der Waals surface area contributed by atoms with Gasteiger partial charge < -0.3 is 9.84 Å². The van der Waals surface area contributed by atoms with Crippen molar-refractivity contribution in [1.82, 2.24) is 0 Å². The normalized spacial score (nSPS) is 41.9. The Hall–Kier alpha value is -2.36. The molecule has 0 aliphatic heterocycles. The Bertz CT molecular complexity index is 996. The minimum absolute atomic E-state index is 0.00759. The molecule has 1 aromatic rings. The standard InChI is InChI=1S/C29H36O4/c1-19-17-29-16-13-22-27(2,26(31)32)15-14-24(28(22,3)23(29)11-10-21(19)18-29)33-25(30)12-9-20-7-5-4-6-8-20/h4-9,12,21-24H,1,10-11,13-18H2,2-3H3,(H,31,32)/t21-,22-,23+,24-,27+,28-,29-/m1/s1. The van der Waals surface area contributed by atoms with Gasteiger partial charge in [0.2, 0.25) is 0 Å². The minimum Gasteiger partial charge on any atom is -0.481 e. The summed E-state index contributed by atoms with van der Waals surface area (Å²) in [5, 5.41) is 10.3. The van der Waals surface area contributed by atoms with Gasteiger partial charge in [-0.1, -0.05) is 49.4 Å². The number of carbonyl (C=O) groups is 2. The van der Waals surface area contributed by atoms with Crippen LogP contribution in [0.2, 0.25) is 0 Å². The average Bonchev–Trinajstić information content (AvgIpc) is 3.02. The molecule has 4 saturated carbocycles. The molecule has 4 fully saturated rings. The van der Waals surface area contributed by atoms with E-state index >= 15 is 0 Å². The monoisotopic (exact) mass is 448 g/mol. The van der Waals surface area contributed by atoms with Crippen molar-refractivity contribution in [3.05, 3.63) is 54.1 Å². The topological polar surface area (TPSA) is 63.6 Å². The number of hydrogen-bond acceptors (Lipinski definition) is 3. The fraction of sp³-hybridized carbons (Fsp3) is 0.586. The zero-order valence-electron chi connectivity index (χ0n) is 19.9. The molecule has 0 unspecified atom stereocenters. The molecule has 1 N–H and O–H groups in total. The quantitative estimate of drug-likeness (QED) is 0.335. The molecule has 0 heterocycles. The van der Waals surface area contributed by atoms with E-state index in [1.54, 1.807) is 6.08 Å². The van der Waals surface area contributed by atoms with Gasteiger partial charge in [-0.05, 0) is 93.1 Å². The van der Waals surface area contributed by atoms with Gasteiger partial charge in [-0.25, -0.2) is 4.79 Å². The van der Waals surface area contributed by atoms with E-state index in [2.05, 4.69) is 13.5 Å². The predicted octanol–water partition coefficient (Wildman–Crippen LogP) is 6.28. The van der Waals surface area contributed by atoms with Crippen LogP contribution in [0.25, 0.3) is 6.08 Å². The first-order chi connectivity index (χ1) is 15.7. The van der Waals surface area contributed by atoms with E-state index in [0.717, 1.165) is 37.7 Å². The van der Waals surface area contributed by atoms with Crippen LogP contribution >= 0.6 is 0 Å². The molecule has 0 radical (unpaired) electrons. The summed E-state index contributed by atoms with van der Waals surface area (Å²) >= 11 is 0. The first-order valence-corrected chi connectivity index (χ1v) is 12.5. The molecular formula is C29H36O4. The highest BCUT2D eigenvalue weighted by Crippen LogP contribution is 2.72. The molecule has 0 aromatic heterocycles.